The number of rotatable bonds is 1. The fourth-order valence-corrected chi connectivity index (χ4v) is 1.35. The summed E-state index contributed by atoms with van der Waals surface area (Å²) in [4.78, 5) is 17.4. The van der Waals surface area contributed by atoms with E-state index in [0.717, 1.165) is 5.65 Å². The van der Waals surface area contributed by atoms with Crippen LogP contribution in [0.15, 0.2) is 30.6 Å². The van der Waals surface area contributed by atoms with Crippen molar-refractivity contribution < 1.29 is 4.79 Å². The molecule has 2 aromatic heterocycles. The molecule has 4 nitrogen and oxygen atoms in total. The molecule has 0 spiro atoms. The molecular formula is C10H11N3O. The standard InChI is InChI=1S/C10H11N3O/c1-12(2)10(14)8-4-3-5-9-11-6-7-13(8)9/h3-7H,1-2H3. The number of pyridine rings is 1. The Morgan fingerprint density at radius 2 is 2.21 bits per heavy atom. The highest BCUT2D eigenvalue weighted by Gasteiger charge is 2.10. The minimum absolute atomic E-state index is 0.0198. The number of aromatic nitrogens is 2. The van der Waals surface area contributed by atoms with Gasteiger partial charge in [-0.1, -0.05) is 6.07 Å². The maximum Gasteiger partial charge on any atom is 0.270 e. The van der Waals surface area contributed by atoms with Gasteiger partial charge in [-0.05, 0) is 12.1 Å². The van der Waals surface area contributed by atoms with Crippen molar-refractivity contribution in [2.75, 3.05) is 14.1 Å². The van der Waals surface area contributed by atoms with E-state index in [0.29, 0.717) is 5.69 Å². The average molecular weight is 189 g/mol. The summed E-state index contributed by atoms with van der Waals surface area (Å²) in [6, 6.07) is 5.49. The molecule has 0 N–H and O–H groups in total. The Hall–Kier alpha value is -1.84. The van der Waals surface area contributed by atoms with Gasteiger partial charge in [0, 0.05) is 26.5 Å². The molecule has 0 aliphatic rings. The van der Waals surface area contributed by atoms with Crippen LogP contribution in [0.2, 0.25) is 0 Å². The molecule has 2 aromatic rings. The van der Waals surface area contributed by atoms with Crippen molar-refractivity contribution in [3.63, 3.8) is 0 Å². The van der Waals surface area contributed by atoms with Gasteiger partial charge in [0.25, 0.3) is 5.91 Å². The van der Waals surface area contributed by atoms with Crippen molar-refractivity contribution in [2.45, 2.75) is 0 Å². The quantitative estimate of drug-likeness (QED) is 0.672. The third-order valence-corrected chi connectivity index (χ3v) is 2.05. The number of amides is 1. The predicted molar refractivity (Wildman–Crippen MR) is 53.2 cm³/mol. The number of hydrogen-bond donors (Lipinski definition) is 0. The molecular weight excluding hydrogens is 178 g/mol. The second kappa shape index (κ2) is 3.14. The van der Waals surface area contributed by atoms with Crippen LogP contribution in [0.3, 0.4) is 0 Å². The Morgan fingerprint density at radius 3 is 2.93 bits per heavy atom. The zero-order chi connectivity index (χ0) is 10.1. The predicted octanol–water partition coefficient (Wildman–Crippen LogP) is 1.04. The molecule has 2 rings (SSSR count). The molecule has 0 fully saturated rings. The molecule has 2 heterocycles. The second-order valence-corrected chi connectivity index (χ2v) is 3.27. The molecule has 4 heteroatoms. The molecule has 0 aromatic carbocycles. The van der Waals surface area contributed by atoms with Crippen LogP contribution >= 0.6 is 0 Å². The summed E-state index contributed by atoms with van der Waals surface area (Å²) in [5.74, 6) is -0.0198. The topological polar surface area (TPSA) is 37.6 Å². The van der Waals surface area contributed by atoms with E-state index in [1.165, 1.54) is 0 Å². The highest BCUT2D eigenvalue weighted by atomic mass is 16.2. The van der Waals surface area contributed by atoms with E-state index in [1.54, 1.807) is 41.9 Å². The molecule has 0 atom stereocenters. The van der Waals surface area contributed by atoms with Crippen molar-refractivity contribution in [1.29, 1.82) is 0 Å². The summed E-state index contributed by atoms with van der Waals surface area (Å²) < 4.78 is 1.78. The van der Waals surface area contributed by atoms with Gasteiger partial charge in [-0.2, -0.15) is 0 Å². The summed E-state index contributed by atoms with van der Waals surface area (Å²) in [5, 5.41) is 0. The van der Waals surface area contributed by atoms with Crippen molar-refractivity contribution in [3.8, 4) is 0 Å². The van der Waals surface area contributed by atoms with Gasteiger partial charge in [-0.25, -0.2) is 4.98 Å². The van der Waals surface area contributed by atoms with Gasteiger partial charge in [0.15, 0.2) is 0 Å². The number of carbonyl (C=O) groups is 1. The Labute approximate surface area is 81.8 Å². The first-order valence-corrected chi connectivity index (χ1v) is 4.34. The highest BCUT2D eigenvalue weighted by molar-refractivity contribution is 5.92. The second-order valence-electron chi connectivity index (χ2n) is 3.27. The molecule has 72 valence electrons. The molecule has 0 saturated heterocycles. The van der Waals surface area contributed by atoms with Crippen molar-refractivity contribution in [3.05, 3.63) is 36.3 Å². The molecule has 14 heavy (non-hydrogen) atoms. The van der Waals surface area contributed by atoms with Crippen molar-refractivity contribution in [1.82, 2.24) is 14.3 Å². The summed E-state index contributed by atoms with van der Waals surface area (Å²) in [7, 11) is 3.47. The lowest BCUT2D eigenvalue weighted by Gasteiger charge is -2.11. The molecule has 0 aliphatic heterocycles. The van der Waals surface area contributed by atoms with Crippen LogP contribution in [0, 0.1) is 0 Å². The minimum atomic E-state index is -0.0198. The Bertz CT molecular complexity index is 473. The van der Waals surface area contributed by atoms with E-state index in [-0.39, 0.29) is 5.91 Å². The molecule has 0 aliphatic carbocycles. The molecule has 1 amide bonds. The van der Waals surface area contributed by atoms with Gasteiger partial charge < -0.3 is 4.90 Å². The number of nitrogens with zero attached hydrogens (tertiary/aromatic N) is 3. The minimum Gasteiger partial charge on any atom is -0.343 e. The first-order valence-electron chi connectivity index (χ1n) is 4.34. The lowest BCUT2D eigenvalue weighted by Crippen LogP contribution is -2.23. The van der Waals surface area contributed by atoms with Gasteiger partial charge in [-0.3, -0.25) is 9.20 Å². The smallest absolute Gasteiger partial charge is 0.270 e. The molecule has 0 saturated carbocycles. The molecule has 0 bridgehead atoms. The molecule has 0 unspecified atom stereocenters. The van der Waals surface area contributed by atoms with Crippen LogP contribution in [0.5, 0.6) is 0 Å². The largest absolute Gasteiger partial charge is 0.343 e. The van der Waals surface area contributed by atoms with Crippen molar-refractivity contribution in [2.24, 2.45) is 0 Å². The zero-order valence-electron chi connectivity index (χ0n) is 8.14. The first kappa shape index (κ1) is 8.74. The van der Waals surface area contributed by atoms with Crippen LogP contribution in [-0.4, -0.2) is 34.3 Å². The van der Waals surface area contributed by atoms with Crippen molar-refractivity contribution >= 4 is 11.6 Å². The van der Waals surface area contributed by atoms with Gasteiger partial charge in [0.2, 0.25) is 0 Å². The number of hydrogen-bond acceptors (Lipinski definition) is 2. The lowest BCUT2D eigenvalue weighted by molar-refractivity contribution is 0.0820. The third kappa shape index (κ3) is 1.25. The van der Waals surface area contributed by atoms with Crippen LogP contribution in [0.25, 0.3) is 5.65 Å². The van der Waals surface area contributed by atoms with Crippen LogP contribution in [0.4, 0.5) is 0 Å². The first-order chi connectivity index (χ1) is 6.70. The average Bonchev–Trinajstić information content (AvgIpc) is 2.63. The molecule has 0 radical (unpaired) electrons. The normalized spacial score (nSPS) is 10.4. The Balaban J connectivity index is 2.62. The van der Waals surface area contributed by atoms with Crippen LogP contribution < -0.4 is 0 Å². The number of imidazole rings is 1. The fraction of sp³-hybridized carbons (Fsp3) is 0.200. The van der Waals surface area contributed by atoms with Crippen LogP contribution in [-0.2, 0) is 0 Å². The van der Waals surface area contributed by atoms with Gasteiger partial charge in [0.05, 0.1) is 0 Å². The number of carbonyl (C=O) groups excluding carboxylic acids is 1. The third-order valence-electron chi connectivity index (χ3n) is 2.05. The van der Waals surface area contributed by atoms with Gasteiger partial charge in [0.1, 0.15) is 11.3 Å². The van der Waals surface area contributed by atoms with Gasteiger partial charge in [-0.15, -0.1) is 0 Å². The maximum atomic E-state index is 11.7. The van der Waals surface area contributed by atoms with Crippen LogP contribution in [0.1, 0.15) is 10.5 Å². The number of fused-ring (bicyclic) bond motifs is 1. The van der Waals surface area contributed by atoms with E-state index < -0.39 is 0 Å². The Kier molecular flexibility index (Phi) is 1.96. The summed E-state index contributed by atoms with van der Waals surface area (Å²) >= 11 is 0. The van der Waals surface area contributed by atoms with E-state index in [1.807, 2.05) is 12.1 Å². The monoisotopic (exact) mass is 189 g/mol. The summed E-state index contributed by atoms with van der Waals surface area (Å²) in [6.45, 7) is 0. The van der Waals surface area contributed by atoms with E-state index in [2.05, 4.69) is 4.98 Å². The Morgan fingerprint density at radius 1 is 1.43 bits per heavy atom. The van der Waals surface area contributed by atoms with Gasteiger partial charge >= 0.3 is 0 Å². The SMILES string of the molecule is CN(C)C(=O)c1cccc2nccn12. The summed E-state index contributed by atoms with van der Waals surface area (Å²) in [6.07, 6.45) is 3.47. The lowest BCUT2D eigenvalue weighted by atomic mass is 10.3. The van der Waals surface area contributed by atoms with E-state index in [9.17, 15) is 4.79 Å². The fourth-order valence-electron chi connectivity index (χ4n) is 1.35. The zero-order valence-corrected chi connectivity index (χ0v) is 8.14. The highest BCUT2D eigenvalue weighted by Crippen LogP contribution is 2.07. The van der Waals surface area contributed by atoms with E-state index >= 15 is 0 Å². The van der Waals surface area contributed by atoms with E-state index in [4.69, 9.17) is 0 Å². The maximum absolute atomic E-state index is 11.7. The summed E-state index contributed by atoms with van der Waals surface area (Å²) in [5.41, 5.74) is 1.42.